The van der Waals surface area contributed by atoms with Crippen LogP contribution in [0.3, 0.4) is 0 Å². The van der Waals surface area contributed by atoms with E-state index in [4.69, 9.17) is 0 Å². The molecular weight excluding hydrogens is 288 g/mol. The Bertz CT molecular complexity index is 443. The van der Waals surface area contributed by atoms with Crippen molar-refractivity contribution in [1.82, 2.24) is 9.80 Å². The van der Waals surface area contributed by atoms with Gasteiger partial charge in [0.2, 0.25) is 5.91 Å². The number of carbonyl (C=O) groups is 1. The average Bonchev–Trinajstić information content (AvgIpc) is 2.82. The minimum absolute atomic E-state index is 0.146. The highest BCUT2D eigenvalue weighted by atomic mass is 32.2. The lowest BCUT2D eigenvalue weighted by Gasteiger charge is -2.30. The first-order chi connectivity index (χ1) is 9.66. The Hall–Kier alpha value is -0.780. The van der Waals surface area contributed by atoms with Gasteiger partial charge in [0, 0.05) is 29.8 Å². The number of rotatable bonds is 4. The van der Waals surface area contributed by atoms with Crippen molar-refractivity contribution in [2.75, 3.05) is 38.7 Å². The number of carbonyl (C=O) groups excluding carboxylic acids is 1. The number of nitrogens with zero attached hydrogens (tertiary/aromatic N) is 2. The van der Waals surface area contributed by atoms with Crippen LogP contribution in [0.25, 0.3) is 6.08 Å². The lowest BCUT2D eigenvalue weighted by molar-refractivity contribution is -0.128. The third-order valence-corrected chi connectivity index (χ3v) is 5.27. The van der Waals surface area contributed by atoms with Gasteiger partial charge in [-0.3, -0.25) is 4.79 Å². The Labute approximate surface area is 129 Å². The molecule has 2 rings (SSSR count). The molecule has 1 saturated heterocycles. The molecule has 1 fully saturated rings. The number of thiophene rings is 1. The zero-order chi connectivity index (χ0) is 14.4. The molecule has 5 heteroatoms. The van der Waals surface area contributed by atoms with E-state index in [-0.39, 0.29) is 5.91 Å². The van der Waals surface area contributed by atoms with Crippen LogP contribution in [0.2, 0.25) is 0 Å². The SMILES string of the molecule is CN(C)CC1CSCCCN1C(=O)/C=C/c1cccs1. The molecule has 3 nitrogen and oxygen atoms in total. The summed E-state index contributed by atoms with van der Waals surface area (Å²) < 4.78 is 0. The van der Waals surface area contributed by atoms with E-state index in [2.05, 4.69) is 19.0 Å². The number of hydrogen-bond donors (Lipinski definition) is 0. The summed E-state index contributed by atoms with van der Waals surface area (Å²) in [6.07, 6.45) is 4.75. The zero-order valence-electron chi connectivity index (χ0n) is 12.1. The first-order valence-electron chi connectivity index (χ1n) is 6.91. The molecule has 0 bridgehead atoms. The Balaban J connectivity index is 2.03. The van der Waals surface area contributed by atoms with Crippen LogP contribution in [-0.2, 0) is 4.79 Å². The van der Waals surface area contributed by atoms with Gasteiger partial charge >= 0.3 is 0 Å². The standard InChI is InChI=1S/C15H22N2OS2/c1-16(2)11-13-12-19-9-4-8-17(13)15(18)7-6-14-5-3-10-20-14/h3,5-7,10,13H,4,8-9,11-12H2,1-2H3/b7-6+. The van der Waals surface area contributed by atoms with Crippen LogP contribution in [-0.4, -0.2) is 60.4 Å². The van der Waals surface area contributed by atoms with Crippen molar-refractivity contribution in [3.05, 3.63) is 28.5 Å². The minimum Gasteiger partial charge on any atom is -0.334 e. The first kappa shape index (κ1) is 15.6. The molecule has 1 unspecified atom stereocenters. The average molecular weight is 310 g/mol. The largest absolute Gasteiger partial charge is 0.334 e. The van der Waals surface area contributed by atoms with Crippen molar-refractivity contribution in [1.29, 1.82) is 0 Å². The summed E-state index contributed by atoms with van der Waals surface area (Å²) in [7, 11) is 4.14. The molecule has 0 aromatic carbocycles. The summed E-state index contributed by atoms with van der Waals surface area (Å²) in [5.74, 6) is 2.34. The van der Waals surface area contributed by atoms with Crippen molar-refractivity contribution >= 4 is 35.1 Å². The topological polar surface area (TPSA) is 23.6 Å². The van der Waals surface area contributed by atoms with Crippen LogP contribution < -0.4 is 0 Å². The fourth-order valence-corrected chi connectivity index (χ4v) is 4.00. The molecule has 1 amide bonds. The second-order valence-corrected chi connectivity index (χ2v) is 7.35. The molecule has 2 heterocycles. The maximum atomic E-state index is 12.5. The number of thioether (sulfide) groups is 1. The van der Waals surface area contributed by atoms with Crippen molar-refractivity contribution in [2.24, 2.45) is 0 Å². The van der Waals surface area contributed by atoms with E-state index >= 15 is 0 Å². The zero-order valence-corrected chi connectivity index (χ0v) is 13.8. The smallest absolute Gasteiger partial charge is 0.246 e. The Morgan fingerprint density at radius 1 is 1.55 bits per heavy atom. The first-order valence-corrected chi connectivity index (χ1v) is 8.95. The summed E-state index contributed by atoms with van der Waals surface area (Å²) in [5, 5.41) is 2.03. The molecular formula is C15H22N2OS2. The van der Waals surface area contributed by atoms with Gasteiger partial charge in [-0.1, -0.05) is 6.07 Å². The Kier molecular flexibility index (Phi) is 6.13. The predicted octanol–water partition coefficient (Wildman–Crippen LogP) is 2.66. The number of likely N-dealkylation sites (N-methyl/N-ethyl adjacent to an activating group) is 1. The van der Waals surface area contributed by atoms with Crippen LogP contribution in [0, 0.1) is 0 Å². The lowest BCUT2D eigenvalue weighted by Crippen LogP contribution is -2.46. The second kappa shape index (κ2) is 7.86. The summed E-state index contributed by atoms with van der Waals surface area (Å²) >= 11 is 3.62. The highest BCUT2D eigenvalue weighted by molar-refractivity contribution is 7.99. The predicted molar refractivity (Wildman–Crippen MR) is 89.4 cm³/mol. The highest BCUT2D eigenvalue weighted by Gasteiger charge is 2.24. The second-order valence-electron chi connectivity index (χ2n) is 5.22. The van der Waals surface area contributed by atoms with Crippen molar-refractivity contribution in [3.8, 4) is 0 Å². The van der Waals surface area contributed by atoms with Crippen LogP contribution in [0.1, 0.15) is 11.3 Å². The molecule has 1 aliphatic rings. The van der Waals surface area contributed by atoms with Crippen molar-refractivity contribution in [3.63, 3.8) is 0 Å². The van der Waals surface area contributed by atoms with E-state index in [1.807, 2.05) is 40.3 Å². The Morgan fingerprint density at radius 3 is 3.10 bits per heavy atom. The highest BCUT2D eigenvalue weighted by Crippen LogP contribution is 2.18. The van der Waals surface area contributed by atoms with E-state index in [9.17, 15) is 4.79 Å². The van der Waals surface area contributed by atoms with Crippen LogP contribution in [0.5, 0.6) is 0 Å². The van der Waals surface area contributed by atoms with Gasteiger partial charge in [0.1, 0.15) is 0 Å². The molecule has 0 aliphatic carbocycles. The van der Waals surface area contributed by atoms with Gasteiger partial charge in [-0.15, -0.1) is 11.3 Å². The van der Waals surface area contributed by atoms with E-state index in [1.165, 1.54) is 0 Å². The van der Waals surface area contributed by atoms with Gasteiger partial charge in [-0.2, -0.15) is 11.8 Å². The van der Waals surface area contributed by atoms with Gasteiger partial charge in [0.05, 0.1) is 6.04 Å². The van der Waals surface area contributed by atoms with Crippen molar-refractivity contribution in [2.45, 2.75) is 12.5 Å². The fourth-order valence-electron chi connectivity index (χ4n) is 2.33. The van der Waals surface area contributed by atoms with Gasteiger partial charge < -0.3 is 9.80 Å². The van der Waals surface area contributed by atoms with E-state index in [0.717, 1.165) is 35.9 Å². The molecule has 0 spiro atoms. The number of hydrogen-bond acceptors (Lipinski definition) is 4. The molecule has 1 aliphatic heterocycles. The molecule has 1 aromatic rings. The molecule has 20 heavy (non-hydrogen) atoms. The lowest BCUT2D eigenvalue weighted by atomic mass is 10.2. The third kappa shape index (κ3) is 4.65. The molecule has 1 aromatic heterocycles. The monoisotopic (exact) mass is 310 g/mol. The summed E-state index contributed by atoms with van der Waals surface area (Å²) in [5.41, 5.74) is 0. The van der Waals surface area contributed by atoms with Gasteiger partial charge in [-0.05, 0) is 43.8 Å². The van der Waals surface area contributed by atoms with Gasteiger partial charge in [0.25, 0.3) is 0 Å². The number of amides is 1. The normalized spacial score (nSPS) is 20.6. The van der Waals surface area contributed by atoms with E-state index < -0.39 is 0 Å². The van der Waals surface area contributed by atoms with Gasteiger partial charge in [-0.25, -0.2) is 0 Å². The summed E-state index contributed by atoms with van der Waals surface area (Å²) in [6, 6.07) is 4.36. The van der Waals surface area contributed by atoms with E-state index in [0.29, 0.717) is 6.04 Å². The van der Waals surface area contributed by atoms with E-state index in [1.54, 1.807) is 17.4 Å². The van der Waals surface area contributed by atoms with Crippen LogP contribution >= 0.6 is 23.1 Å². The maximum absolute atomic E-state index is 12.5. The fraction of sp³-hybridized carbons (Fsp3) is 0.533. The van der Waals surface area contributed by atoms with Crippen LogP contribution in [0.4, 0.5) is 0 Å². The maximum Gasteiger partial charge on any atom is 0.246 e. The van der Waals surface area contributed by atoms with Gasteiger partial charge in [0.15, 0.2) is 0 Å². The summed E-state index contributed by atoms with van der Waals surface area (Å²) in [4.78, 5) is 17.8. The molecule has 1 atom stereocenters. The molecule has 0 saturated carbocycles. The van der Waals surface area contributed by atoms with Crippen molar-refractivity contribution < 1.29 is 4.79 Å². The quantitative estimate of drug-likeness (QED) is 0.799. The molecule has 0 radical (unpaired) electrons. The minimum atomic E-state index is 0.146. The summed E-state index contributed by atoms with van der Waals surface area (Å²) in [6.45, 7) is 1.81. The third-order valence-electron chi connectivity index (χ3n) is 3.23. The van der Waals surface area contributed by atoms with Crippen LogP contribution in [0.15, 0.2) is 23.6 Å². The molecule has 110 valence electrons. The Morgan fingerprint density at radius 2 is 2.40 bits per heavy atom. The molecule has 0 N–H and O–H groups in total.